The van der Waals surface area contributed by atoms with Crippen LogP contribution < -0.4 is 15.6 Å². The SMILES string of the molecule is COc1cc2nc(NC(=O)Cn3cnc4c3c(C)cc(=O)n4C)oc2cc1C. The number of aromatic nitrogens is 4. The molecule has 3 aromatic heterocycles. The number of carbonyl (C=O) groups excluding carboxylic acids is 1. The third-order valence-electron chi connectivity index (χ3n) is 4.65. The largest absolute Gasteiger partial charge is 0.496 e. The van der Waals surface area contributed by atoms with Crippen LogP contribution in [0.3, 0.4) is 0 Å². The second-order valence-corrected chi connectivity index (χ2v) is 6.63. The Morgan fingerprint density at radius 2 is 2.04 bits per heavy atom. The Balaban J connectivity index is 1.60. The zero-order valence-corrected chi connectivity index (χ0v) is 15.9. The summed E-state index contributed by atoms with van der Waals surface area (Å²) < 4.78 is 14.0. The first-order valence-corrected chi connectivity index (χ1v) is 8.64. The van der Waals surface area contributed by atoms with Gasteiger partial charge in [-0.15, -0.1) is 0 Å². The van der Waals surface area contributed by atoms with Crippen molar-refractivity contribution < 1.29 is 13.9 Å². The lowest BCUT2D eigenvalue weighted by Crippen LogP contribution is -2.20. The van der Waals surface area contributed by atoms with E-state index in [1.165, 1.54) is 17.0 Å². The molecule has 0 aliphatic heterocycles. The summed E-state index contributed by atoms with van der Waals surface area (Å²) in [5.74, 6) is 0.382. The number of carbonyl (C=O) groups is 1. The highest BCUT2D eigenvalue weighted by Crippen LogP contribution is 2.27. The number of fused-ring (bicyclic) bond motifs is 2. The molecule has 0 spiro atoms. The van der Waals surface area contributed by atoms with E-state index in [2.05, 4.69) is 15.3 Å². The lowest BCUT2D eigenvalue weighted by molar-refractivity contribution is -0.116. The fraction of sp³-hybridized carbons (Fsp3) is 0.263. The van der Waals surface area contributed by atoms with Crippen LogP contribution in [0.1, 0.15) is 11.1 Å². The predicted octanol–water partition coefficient (Wildman–Crippen LogP) is 2.14. The molecular weight excluding hydrogens is 362 g/mol. The van der Waals surface area contributed by atoms with Crippen molar-refractivity contribution in [3.05, 3.63) is 46.0 Å². The highest BCUT2D eigenvalue weighted by atomic mass is 16.5. The second-order valence-electron chi connectivity index (χ2n) is 6.63. The molecule has 1 N–H and O–H groups in total. The summed E-state index contributed by atoms with van der Waals surface area (Å²) in [4.78, 5) is 32.9. The molecule has 28 heavy (non-hydrogen) atoms. The van der Waals surface area contributed by atoms with Crippen molar-refractivity contribution in [3.8, 4) is 5.75 Å². The number of oxazole rings is 1. The number of ether oxygens (including phenoxy) is 1. The molecule has 1 aromatic carbocycles. The Morgan fingerprint density at radius 1 is 1.25 bits per heavy atom. The van der Waals surface area contributed by atoms with Crippen molar-refractivity contribution in [2.45, 2.75) is 20.4 Å². The predicted molar refractivity (Wildman–Crippen MR) is 104 cm³/mol. The van der Waals surface area contributed by atoms with Gasteiger partial charge in [0.05, 0.1) is 19.0 Å². The van der Waals surface area contributed by atoms with Gasteiger partial charge in [0, 0.05) is 19.2 Å². The monoisotopic (exact) mass is 381 g/mol. The highest BCUT2D eigenvalue weighted by molar-refractivity contribution is 5.91. The van der Waals surface area contributed by atoms with Gasteiger partial charge in [0.1, 0.15) is 17.8 Å². The number of hydrogen-bond donors (Lipinski definition) is 1. The van der Waals surface area contributed by atoms with E-state index < -0.39 is 0 Å². The Kier molecular flexibility index (Phi) is 4.14. The van der Waals surface area contributed by atoms with Crippen LogP contribution in [0.2, 0.25) is 0 Å². The van der Waals surface area contributed by atoms with E-state index in [1.807, 2.05) is 19.9 Å². The Morgan fingerprint density at radius 3 is 2.79 bits per heavy atom. The first-order chi connectivity index (χ1) is 13.4. The molecule has 4 rings (SSSR count). The quantitative estimate of drug-likeness (QED) is 0.581. The molecule has 0 fully saturated rings. The number of rotatable bonds is 4. The summed E-state index contributed by atoms with van der Waals surface area (Å²) in [5.41, 5.74) is 3.95. The summed E-state index contributed by atoms with van der Waals surface area (Å²) in [5, 5.41) is 2.66. The molecule has 0 saturated carbocycles. The molecule has 1 amide bonds. The summed E-state index contributed by atoms with van der Waals surface area (Å²) in [7, 11) is 3.24. The van der Waals surface area contributed by atoms with Crippen molar-refractivity contribution in [1.82, 2.24) is 19.1 Å². The minimum atomic E-state index is -0.317. The van der Waals surface area contributed by atoms with E-state index in [4.69, 9.17) is 9.15 Å². The van der Waals surface area contributed by atoms with E-state index in [9.17, 15) is 9.59 Å². The van der Waals surface area contributed by atoms with Crippen LogP contribution in [-0.4, -0.2) is 32.1 Å². The van der Waals surface area contributed by atoms with Crippen LogP contribution in [-0.2, 0) is 18.4 Å². The second kappa shape index (κ2) is 6.52. The third kappa shape index (κ3) is 2.90. The zero-order chi connectivity index (χ0) is 20.0. The summed E-state index contributed by atoms with van der Waals surface area (Å²) in [6, 6.07) is 5.21. The molecule has 0 unspecified atom stereocenters. The summed E-state index contributed by atoms with van der Waals surface area (Å²) in [6.45, 7) is 3.73. The standard InChI is InChI=1S/C19H19N5O4/c1-10-5-14-12(7-13(10)27-4)21-19(28-14)22-15(25)8-24-9-20-18-17(24)11(2)6-16(26)23(18)3/h5-7,9H,8H2,1-4H3,(H,21,22,25). The average Bonchev–Trinajstić information content (AvgIpc) is 3.22. The van der Waals surface area contributed by atoms with Gasteiger partial charge < -0.3 is 13.7 Å². The zero-order valence-electron chi connectivity index (χ0n) is 15.9. The normalized spacial score (nSPS) is 11.3. The molecule has 9 nitrogen and oxygen atoms in total. The first kappa shape index (κ1) is 17.8. The van der Waals surface area contributed by atoms with Gasteiger partial charge in [-0.05, 0) is 31.0 Å². The van der Waals surface area contributed by atoms with Crippen LogP contribution in [0.25, 0.3) is 22.3 Å². The van der Waals surface area contributed by atoms with E-state index in [1.54, 1.807) is 24.8 Å². The topological polar surface area (TPSA) is 104 Å². The van der Waals surface area contributed by atoms with Gasteiger partial charge in [-0.1, -0.05) is 0 Å². The smallest absolute Gasteiger partial charge is 0.302 e. The van der Waals surface area contributed by atoms with Gasteiger partial charge in [-0.3, -0.25) is 19.5 Å². The molecule has 144 valence electrons. The number of nitrogens with one attached hydrogen (secondary N) is 1. The number of nitrogens with zero attached hydrogens (tertiary/aromatic N) is 4. The fourth-order valence-electron chi connectivity index (χ4n) is 3.24. The van der Waals surface area contributed by atoms with Crippen molar-refractivity contribution in [1.29, 1.82) is 0 Å². The lowest BCUT2D eigenvalue weighted by atomic mass is 10.2. The Labute approximate surface area is 159 Å². The molecule has 0 atom stereocenters. The maximum absolute atomic E-state index is 12.5. The lowest BCUT2D eigenvalue weighted by Gasteiger charge is -2.07. The number of aryl methyl sites for hydroxylation is 3. The first-order valence-electron chi connectivity index (χ1n) is 8.64. The van der Waals surface area contributed by atoms with Crippen LogP contribution in [0.15, 0.2) is 33.7 Å². The molecule has 3 heterocycles. The maximum Gasteiger partial charge on any atom is 0.302 e. The van der Waals surface area contributed by atoms with Gasteiger partial charge in [0.2, 0.25) is 5.91 Å². The average molecular weight is 381 g/mol. The number of amides is 1. The van der Waals surface area contributed by atoms with Crippen molar-refractivity contribution in [2.24, 2.45) is 7.05 Å². The summed E-state index contributed by atoms with van der Waals surface area (Å²) >= 11 is 0. The van der Waals surface area contributed by atoms with Gasteiger partial charge in [0.25, 0.3) is 5.56 Å². The number of imidazole rings is 1. The molecule has 0 bridgehead atoms. The minimum Gasteiger partial charge on any atom is -0.496 e. The maximum atomic E-state index is 12.5. The third-order valence-corrected chi connectivity index (χ3v) is 4.65. The van der Waals surface area contributed by atoms with Crippen LogP contribution >= 0.6 is 0 Å². The molecule has 9 heteroatoms. The number of hydrogen-bond acceptors (Lipinski definition) is 6. The van der Waals surface area contributed by atoms with E-state index in [0.29, 0.717) is 22.5 Å². The van der Waals surface area contributed by atoms with Crippen molar-refractivity contribution in [3.63, 3.8) is 0 Å². The number of anilines is 1. The van der Waals surface area contributed by atoms with Gasteiger partial charge in [-0.2, -0.15) is 4.98 Å². The molecule has 0 saturated heterocycles. The Bertz CT molecular complexity index is 1280. The molecule has 0 radical (unpaired) electrons. The number of benzene rings is 1. The highest BCUT2D eigenvalue weighted by Gasteiger charge is 2.15. The molecule has 4 aromatic rings. The molecule has 0 aliphatic rings. The molecule has 0 aliphatic carbocycles. The van der Waals surface area contributed by atoms with Crippen LogP contribution in [0, 0.1) is 13.8 Å². The van der Waals surface area contributed by atoms with E-state index in [0.717, 1.165) is 16.6 Å². The van der Waals surface area contributed by atoms with Gasteiger partial charge in [-0.25, -0.2) is 4.98 Å². The van der Waals surface area contributed by atoms with Crippen LogP contribution in [0.5, 0.6) is 5.75 Å². The fourth-order valence-corrected chi connectivity index (χ4v) is 3.24. The minimum absolute atomic E-state index is 0.0105. The van der Waals surface area contributed by atoms with E-state index >= 15 is 0 Å². The van der Waals surface area contributed by atoms with Crippen molar-refractivity contribution >= 4 is 34.2 Å². The van der Waals surface area contributed by atoms with Gasteiger partial charge in [0.15, 0.2) is 11.2 Å². The Hall–Kier alpha value is -3.62. The van der Waals surface area contributed by atoms with Gasteiger partial charge >= 0.3 is 6.01 Å². The van der Waals surface area contributed by atoms with Crippen molar-refractivity contribution in [2.75, 3.05) is 12.4 Å². The molecular formula is C19H19N5O4. The van der Waals surface area contributed by atoms with Crippen LogP contribution in [0.4, 0.5) is 6.01 Å². The number of methoxy groups -OCH3 is 1. The summed E-state index contributed by atoms with van der Waals surface area (Å²) in [6.07, 6.45) is 1.54. The number of pyridine rings is 1. The van der Waals surface area contributed by atoms with E-state index in [-0.39, 0.29) is 24.0 Å².